The van der Waals surface area contributed by atoms with Gasteiger partial charge in [-0.3, -0.25) is 72.5 Å². The number of nitrogens with one attached hydrogen (secondary N) is 3. The maximum Gasteiger partial charge on any atom is 0.490 e. The number of pyridine rings is 7. The van der Waals surface area contributed by atoms with Gasteiger partial charge in [0.15, 0.2) is 0 Å². The second kappa shape index (κ2) is 47.2. The molecule has 0 radical (unpaired) electrons. The topological polar surface area (TPSA) is 429 Å². The van der Waals surface area contributed by atoms with Crippen molar-refractivity contribution < 1.29 is 28.7 Å². The van der Waals surface area contributed by atoms with Gasteiger partial charge in [-0.1, -0.05) is 41.4 Å². The number of nitrogens with two attached hydrogens (primary N) is 3. The predicted octanol–water partition coefficient (Wildman–Crippen LogP) is 8.55. The van der Waals surface area contributed by atoms with Crippen LogP contribution in [0.25, 0.3) is 11.4 Å². The van der Waals surface area contributed by atoms with E-state index in [0.29, 0.717) is 33.1 Å². The lowest BCUT2D eigenvalue weighted by atomic mass is 9.75. The molecule has 2 amide bonds. The van der Waals surface area contributed by atoms with E-state index < -0.39 is 26.7 Å². The van der Waals surface area contributed by atoms with Crippen LogP contribution in [0.3, 0.4) is 0 Å². The summed E-state index contributed by atoms with van der Waals surface area (Å²) in [6.45, 7) is 24.8. The van der Waals surface area contributed by atoms with E-state index in [4.69, 9.17) is 49.7 Å². The Bertz CT molecular complexity index is 5400. The molecule has 36 nitrogen and oxygen atoms in total. The van der Waals surface area contributed by atoms with Crippen molar-refractivity contribution in [1.29, 1.82) is 0 Å². The number of carbonyl (C=O) groups is 2. The SMILES string of the molecule is CC(=O)Nc1cc(Cl)cn(C2CCN(C)CC2)c1=O.CC(=O)Nc1cccn(C2CCN(C)CC2)c1=O.CN1CC=C(B2OC(C)(C)C(C)(C)O2)CC1.CN1CC=C(n2cccc(N)c2=O)CC1.CN1CC=C(n2cccc([N+](=O)[O-])c2=O)CC1.CN1CCC(n2cc(Cl)cc(N)c2=O)CC1.CN1CCC(n2cccc(N)c2=O)CC1.O=c1[nH]cccc1[N+](=O)[O-]. The van der Waals surface area contributed by atoms with Crippen LogP contribution < -0.4 is 66.7 Å². The molecule has 0 unspecified atom stereocenters. The Morgan fingerprint density at radius 1 is 0.444 bits per heavy atom. The Balaban J connectivity index is 0.000000179. The Morgan fingerprint density at radius 3 is 1.23 bits per heavy atom. The van der Waals surface area contributed by atoms with Crippen molar-refractivity contribution >= 4 is 93.3 Å². The van der Waals surface area contributed by atoms with Crippen LogP contribution in [-0.4, -0.2) is 248 Å². The van der Waals surface area contributed by atoms with Crippen LogP contribution in [0.4, 0.5) is 39.8 Å². The number of aromatic nitrogens is 7. The van der Waals surface area contributed by atoms with E-state index >= 15 is 0 Å². The quantitative estimate of drug-likeness (QED) is 0.0401. The van der Waals surface area contributed by atoms with Crippen LogP contribution in [0, 0.1) is 20.2 Å². The monoisotopic (exact) mass is 1780 g/mol. The second-order valence-electron chi connectivity index (χ2n) is 33.8. The van der Waals surface area contributed by atoms with E-state index in [0.717, 1.165) is 180 Å². The number of H-pyrrole nitrogens is 1. The first-order chi connectivity index (χ1) is 59.6. The summed E-state index contributed by atoms with van der Waals surface area (Å²) in [5.41, 5.74) is 18.4. The van der Waals surface area contributed by atoms with Gasteiger partial charge in [-0.2, -0.15) is 0 Å². The Morgan fingerprint density at radius 2 is 0.810 bits per heavy atom. The van der Waals surface area contributed by atoms with Gasteiger partial charge in [0.05, 0.1) is 48.2 Å². The van der Waals surface area contributed by atoms with E-state index in [1.54, 1.807) is 71.9 Å². The van der Waals surface area contributed by atoms with E-state index in [1.807, 2.05) is 37.7 Å². The number of rotatable bonds is 11. The highest BCUT2D eigenvalue weighted by Gasteiger charge is 2.52. The van der Waals surface area contributed by atoms with Crippen LogP contribution in [-0.2, 0) is 18.9 Å². The molecule has 5 saturated heterocycles. The van der Waals surface area contributed by atoms with E-state index in [9.17, 15) is 63.4 Å². The fourth-order valence-corrected chi connectivity index (χ4v) is 15.5. The highest BCUT2D eigenvalue weighted by molar-refractivity contribution is 6.54. The zero-order valence-electron chi connectivity index (χ0n) is 74.6. The van der Waals surface area contributed by atoms with Crippen molar-refractivity contribution in [3.63, 3.8) is 0 Å². The number of aromatic amines is 1. The number of anilines is 5. The number of amides is 2. The van der Waals surface area contributed by atoms with Crippen LogP contribution in [0.1, 0.15) is 136 Å². The summed E-state index contributed by atoms with van der Waals surface area (Å²) in [5, 5.41) is 26.8. The van der Waals surface area contributed by atoms with Gasteiger partial charge in [0.25, 0.3) is 27.8 Å². The van der Waals surface area contributed by atoms with Crippen molar-refractivity contribution in [3.8, 4) is 0 Å². The molecule has 0 atom stereocenters. The number of halogens is 2. The number of carbonyl (C=O) groups excluding carboxylic acids is 2. The van der Waals surface area contributed by atoms with Crippen LogP contribution >= 0.6 is 23.2 Å². The maximum atomic E-state index is 12.3. The van der Waals surface area contributed by atoms with Gasteiger partial charge in [-0.25, -0.2) is 0 Å². The van der Waals surface area contributed by atoms with Crippen LogP contribution in [0.15, 0.2) is 173 Å². The number of hydrogen-bond acceptors (Lipinski definition) is 25. The molecule has 0 bridgehead atoms. The molecule has 8 aliphatic heterocycles. The summed E-state index contributed by atoms with van der Waals surface area (Å²) in [6, 6.07) is 19.6. The minimum Gasteiger partial charge on any atom is -0.400 e. The highest BCUT2D eigenvalue weighted by atomic mass is 35.5. The van der Waals surface area contributed by atoms with E-state index in [2.05, 4.69) is 132 Å². The van der Waals surface area contributed by atoms with Crippen molar-refractivity contribution in [2.45, 2.75) is 148 Å². The average molecular weight is 1790 g/mol. The van der Waals surface area contributed by atoms with Crippen molar-refractivity contribution in [2.75, 3.05) is 169 Å². The Kier molecular flexibility index (Phi) is 37.7. The Labute approximate surface area is 743 Å². The zero-order valence-corrected chi connectivity index (χ0v) is 76.1. The molecule has 15 rings (SSSR count). The molecule has 39 heteroatoms. The third-order valence-corrected chi connectivity index (χ3v) is 23.9. The third-order valence-electron chi connectivity index (χ3n) is 23.5. The molecule has 5 fully saturated rings. The summed E-state index contributed by atoms with van der Waals surface area (Å²) in [5.74, 6) is -0.484. The molecule has 684 valence electrons. The first kappa shape index (κ1) is 101. The van der Waals surface area contributed by atoms with Gasteiger partial charge >= 0.3 is 29.6 Å². The van der Waals surface area contributed by atoms with Gasteiger partial charge in [0, 0.05) is 157 Å². The first-order valence-corrected chi connectivity index (χ1v) is 43.1. The summed E-state index contributed by atoms with van der Waals surface area (Å²) < 4.78 is 21.9. The fourth-order valence-electron chi connectivity index (χ4n) is 15.1. The van der Waals surface area contributed by atoms with Crippen LogP contribution in [0.5, 0.6) is 0 Å². The lowest BCUT2D eigenvalue weighted by Gasteiger charge is -2.32. The number of piperidine rings is 4. The zero-order chi connectivity index (χ0) is 92.4. The minimum atomic E-state index is -0.723. The van der Waals surface area contributed by atoms with Gasteiger partial charge in [0.2, 0.25) is 11.8 Å². The normalized spacial score (nSPS) is 18.6. The third kappa shape index (κ3) is 29.2. The molecule has 15 heterocycles. The largest absolute Gasteiger partial charge is 0.490 e. The van der Waals surface area contributed by atoms with Gasteiger partial charge in [-0.15, -0.1) is 0 Å². The number of nitrogen functional groups attached to an aromatic ring is 3. The molecule has 7 aromatic rings. The van der Waals surface area contributed by atoms with Gasteiger partial charge in [-0.05, 0) is 253 Å². The summed E-state index contributed by atoms with van der Waals surface area (Å²) in [4.78, 5) is 142. The average Bonchev–Trinajstić information content (AvgIpc) is 1.62. The van der Waals surface area contributed by atoms with Crippen molar-refractivity contribution in [3.05, 3.63) is 243 Å². The number of likely N-dealkylation sites (tertiary alicyclic amines) is 4. The molecule has 0 spiro atoms. The number of likely N-dealkylation sites (N-methyl/N-ethyl adjacent to an activating group) is 3. The van der Waals surface area contributed by atoms with Crippen molar-refractivity contribution in [1.82, 2.24) is 66.7 Å². The molecule has 8 aliphatic rings. The molecular weight excluding hydrogens is 1660 g/mol. The Hall–Kier alpha value is -10.7. The standard InChI is InChI=1S/C13H18ClN3O2.C13H19N3O2.C12H22BNO2.C11H16ClN3O.C11H13N3O3.C11H17N3O.C11H15N3O.C5H4N2O3/c1-9(18)15-12-7-10(14)8-17(13(12)19)11-3-5-16(2)6-4-11;1-10(17)14-12-4-3-7-16(13(12)18)11-5-8-15(2)9-6-11;1-11(2)12(3,4)16-13(15-11)10-6-8-14(5)9-7-10;1-14-4-2-9(3-5-14)15-7-8(12)6-10(13)11(15)16;1-12-7-4-9(5-8-12)13-6-2-3-10(11(13)15)14(16)17;2*1-13-7-4-9(5-8-13)14-6-2-3-10(12)11(14)15;8-5-4(7(9)10)2-1-3-6-5/h7-8,11H,3-6H2,1-2H3,(H,15,18);3-4,7,11H,5-6,8-9H2,1-2H3,(H,14,17);6H,7-9H2,1-5H3;6-7,9H,2-5,13H2,1H3;2-4,6H,5,7-8H2,1H3;2-3,6,9H,4-5,7-8,12H2,1H3;2-4,6H,5,7-8,12H2,1H3;1-3H,(H,6,8). The van der Waals surface area contributed by atoms with E-state index in [1.165, 1.54) is 60.4 Å². The van der Waals surface area contributed by atoms with E-state index in [-0.39, 0.29) is 93.1 Å². The summed E-state index contributed by atoms with van der Waals surface area (Å²) in [7, 11) is 14.4. The molecule has 9 N–H and O–H groups in total. The fraction of sp³-hybridized carbons (Fsp3) is 0.506. The molecule has 126 heavy (non-hydrogen) atoms. The lowest BCUT2D eigenvalue weighted by Crippen LogP contribution is -2.41. The predicted molar refractivity (Wildman–Crippen MR) is 499 cm³/mol. The molecule has 7 aromatic heterocycles. The summed E-state index contributed by atoms with van der Waals surface area (Å²) in [6.07, 6.45) is 28.4. The maximum absolute atomic E-state index is 12.3. The highest BCUT2D eigenvalue weighted by Crippen LogP contribution is 2.40. The van der Waals surface area contributed by atoms with Gasteiger partial charge < -0.3 is 94.7 Å². The molecule has 0 aromatic carbocycles. The minimum absolute atomic E-state index is 0.0490. The smallest absolute Gasteiger partial charge is 0.400 e. The number of nitro groups is 2. The molecule has 0 aliphatic carbocycles. The number of nitrogens with zero attached hydrogens (tertiary/aromatic N) is 15. The number of hydrogen-bond donors (Lipinski definition) is 6. The molecular formula is C87H124BCl2N21O15. The van der Waals surface area contributed by atoms with Gasteiger partial charge in [0.1, 0.15) is 11.4 Å². The lowest BCUT2D eigenvalue weighted by molar-refractivity contribution is -0.386. The van der Waals surface area contributed by atoms with Crippen molar-refractivity contribution in [2.24, 2.45) is 0 Å². The second-order valence-corrected chi connectivity index (χ2v) is 34.7. The molecule has 0 saturated carbocycles. The van der Waals surface area contributed by atoms with Crippen LogP contribution in [0.2, 0.25) is 10.0 Å². The first-order valence-electron chi connectivity index (χ1n) is 42.3. The summed E-state index contributed by atoms with van der Waals surface area (Å²) >= 11 is 12.0.